The number of para-hydroxylation sites is 2. The van der Waals surface area contributed by atoms with Crippen LogP contribution in [-0.4, -0.2) is 16.9 Å². The molecule has 3 nitrogen and oxygen atoms in total. The van der Waals surface area contributed by atoms with Gasteiger partial charge in [-0.1, -0.05) is 30.3 Å². The third-order valence-corrected chi connectivity index (χ3v) is 5.46. The first-order valence-corrected chi connectivity index (χ1v) is 8.78. The van der Waals surface area contributed by atoms with Gasteiger partial charge in [0.2, 0.25) is 5.91 Å². The molecule has 1 amide bonds. The lowest BCUT2D eigenvalue weighted by Crippen LogP contribution is -2.35. The number of fused-ring (bicyclic) bond motifs is 2. The molecule has 2 aromatic carbocycles. The monoisotopic (exact) mass is 322 g/mol. The van der Waals surface area contributed by atoms with Crippen LogP contribution < -0.4 is 4.90 Å². The Hall–Kier alpha value is -2.20. The molecular weight excluding hydrogens is 304 g/mol. The Morgan fingerprint density at radius 1 is 1.22 bits per heavy atom. The van der Waals surface area contributed by atoms with Crippen molar-refractivity contribution in [3.8, 4) is 0 Å². The second-order valence-corrected chi connectivity index (χ2v) is 7.14. The number of carbonyl (C=O) groups is 1. The summed E-state index contributed by atoms with van der Waals surface area (Å²) in [6, 6.07) is 16.6. The molecule has 0 N–H and O–H groups in total. The fourth-order valence-electron chi connectivity index (χ4n) is 3.31. The Labute approximate surface area is 139 Å². The lowest BCUT2D eigenvalue weighted by molar-refractivity contribution is -0.118. The van der Waals surface area contributed by atoms with Gasteiger partial charge in [0.1, 0.15) is 0 Å². The summed E-state index contributed by atoms with van der Waals surface area (Å²) in [4.78, 5) is 19.3. The van der Waals surface area contributed by atoms with Gasteiger partial charge in [-0.25, -0.2) is 4.98 Å². The average molecular weight is 322 g/mol. The van der Waals surface area contributed by atoms with E-state index < -0.39 is 0 Å². The number of benzene rings is 2. The second-order valence-electron chi connectivity index (χ2n) is 6.02. The zero-order valence-corrected chi connectivity index (χ0v) is 13.8. The molecule has 3 aromatic rings. The maximum absolute atomic E-state index is 12.7. The first-order chi connectivity index (χ1) is 11.2. The topological polar surface area (TPSA) is 33.2 Å². The number of amides is 1. The summed E-state index contributed by atoms with van der Waals surface area (Å²) in [6.45, 7) is 2.12. The van der Waals surface area contributed by atoms with Crippen molar-refractivity contribution in [2.45, 2.75) is 32.2 Å². The van der Waals surface area contributed by atoms with Crippen molar-refractivity contribution >= 4 is 33.1 Å². The molecule has 1 atom stereocenters. The van der Waals surface area contributed by atoms with Crippen LogP contribution in [0, 0.1) is 0 Å². The van der Waals surface area contributed by atoms with E-state index in [4.69, 9.17) is 0 Å². The summed E-state index contributed by atoms with van der Waals surface area (Å²) in [7, 11) is 0. The van der Waals surface area contributed by atoms with Crippen molar-refractivity contribution < 1.29 is 4.79 Å². The molecule has 0 saturated heterocycles. The average Bonchev–Trinajstić information content (AvgIpc) is 3.12. The number of hydrogen-bond donors (Lipinski definition) is 0. The molecule has 1 aliphatic heterocycles. The van der Waals surface area contributed by atoms with E-state index in [2.05, 4.69) is 30.1 Å². The van der Waals surface area contributed by atoms with Crippen LogP contribution in [0.4, 0.5) is 5.69 Å². The summed E-state index contributed by atoms with van der Waals surface area (Å²) in [5.41, 5.74) is 3.38. The van der Waals surface area contributed by atoms with Crippen LogP contribution >= 0.6 is 11.3 Å². The molecule has 0 fully saturated rings. The largest absolute Gasteiger partial charge is 0.309 e. The van der Waals surface area contributed by atoms with Gasteiger partial charge in [-0.3, -0.25) is 4.79 Å². The van der Waals surface area contributed by atoms with Crippen LogP contribution in [0.3, 0.4) is 0 Å². The van der Waals surface area contributed by atoms with E-state index in [1.165, 1.54) is 10.3 Å². The van der Waals surface area contributed by atoms with Gasteiger partial charge in [-0.05, 0) is 37.1 Å². The Morgan fingerprint density at radius 3 is 2.87 bits per heavy atom. The quantitative estimate of drug-likeness (QED) is 0.724. The van der Waals surface area contributed by atoms with Gasteiger partial charge >= 0.3 is 0 Å². The highest BCUT2D eigenvalue weighted by atomic mass is 32.1. The predicted molar refractivity (Wildman–Crippen MR) is 95.0 cm³/mol. The molecule has 23 heavy (non-hydrogen) atoms. The highest BCUT2D eigenvalue weighted by Crippen LogP contribution is 2.32. The van der Waals surface area contributed by atoms with Crippen LogP contribution in [0.2, 0.25) is 0 Å². The van der Waals surface area contributed by atoms with Crippen LogP contribution in [0.25, 0.3) is 10.2 Å². The van der Waals surface area contributed by atoms with E-state index >= 15 is 0 Å². The van der Waals surface area contributed by atoms with Crippen molar-refractivity contribution in [3.05, 3.63) is 59.1 Å². The normalized spacial score (nSPS) is 16.7. The molecule has 0 saturated carbocycles. The van der Waals surface area contributed by atoms with Gasteiger partial charge < -0.3 is 4.90 Å². The van der Waals surface area contributed by atoms with E-state index in [1.807, 2.05) is 35.2 Å². The van der Waals surface area contributed by atoms with Gasteiger partial charge in [0.25, 0.3) is 0 Å². The fraction of sp³-hybridized carbons (Fsp3) is 0.263. The molecule has 0 radical (unpaired) electrons. The number of thiazole rings is 1. The number of aromatic nitrogens is 1. The Bertz CT molecular complexity index is 837. The molecule has 0 bridgehead atoms. The third kappa shape index (κ3) is 2.63. The molecule has 4 rings (SSSR count). The molecule has 4 heteroatoms. The Kier molecular flexibility index (Phi) is 3.62. The van der Waals surface area contributed by atoms with E-state index in [9.17, 15) is 4.79 Å². The van der Waals surface area contributed by atoms with Crippen molar-refractivity contribution in [1.82, 2.24) is 4.98 Å². The molecule has 0 unspecified atom stereocenters. The minimum absolute atomic E-state index is 0.196. The number of nitrogens with zero attached hydrogens (tertiary/aromatic N) is 2. The maximum atomic E-state index is 12.7. The second kappa shape index (κ2) is 5.78. The molecule has 116 valence electrons. The summed E-state index contributed by atoms with van der Waals surface area (Å²) < 4.78 is 1.19. The zero-order chi connectivity index (χ0) is 15.8. The maximum Gasteiger partial charge on any atom is 0.227 e. The predicted octanol–water partition coefficient (Wildman–Crippen LogP) is 4.21. The van der Waals surface area contributed by atoms with Crippen LogP contribution in [0.1, 0.15) is 23.9 Å². The van der Waals surface area contributed by atoms with E-state index in [1.54, 1.807) is 11.3 Å². The summed E-state index contributed by atoms with van der Waals surface area (Å²) in [5.74, 6) is 0.196. The third-order valence-electron chi connectivity index (χ3n) is 4.37. The van der Waals surface area contributed by atoms with Crippen molar-refractivity contribution in [2.24, 2.45) is 0 Å². The SMILES string of the molecule is C[C@@H]1Cc2ccccc2N1C(=O)CCc1nc2ccccc2s1. The van der Waals surface area contributed by atoms with Gasteiger partial charge in [-0.15, -0.1) is 11.3 Å². The van der Waals surface area contributed by atoms with E-state index in [0.29, 0.717) is 12.8 Å². The number of aryl methyl sites for hydroxylation is 1. The van der Waals surface area contributed by atoms with Gasteiger partial charge in [0.05, 0.1) is 15.2 Å². The number of rotatable bonds is 3. The molecule has 1 aromatic heterocycles. The van der Waals surface area contributed by atoms with Crippen LogP contribution in [-0.2, 0) is 17.6 Å². The van der Waals surface area contributed by atoms with Crippen molar-refractivity contribution in [2.75, 3.05) is 4.90 Å². The van der Waals surface area contributed by atoms with Gasteiger partial charge in [0.15, 0.2) is 0 Å². The zero-order valence-electron chi connectivity index (χ0n) is 13.0. The van der Waals surface area contributed by atoms with Gasteiger partial charge in [-0.2, -0.15) is 0 Å². The van der Waals surface area contributed by atoms with Crippen LogP contribution in [0.5, 0.6) is 0 Å². The summed E-state index contributed by atoms with van der Waals surface area (Å²) >= 11 is 1.69. The van der Waals surface area contributed by atoms with E-state index in [0.717, 1.165) is 22.6 Å². The van der Waals surface area contributed by atoms with E-state index in [-0.39, 0.29) is 11.9 Å². The first kappa shape index (κ1) is 14.4. The molecule has 2 heterocycles. The molecule has 1 aliphatic rings. The summed E-state index contributed by atoms with van der Waals surface area (Å²) in [6.07, 6.45) is 2.17. The summed E-state index contributed by atoms with van der Waals surface area (Å²) in [5, 5.41) is 1.04. The Morgan fingerprint density at radius 2 is 2.00 bits per heavy atom. The molecule has 0 aliphatic carbocycles. The lowest BCUT2D eigenvalue weighted by Gasteiger charge is -2.22. The molecular formula is C19H18N2OS. The standard InChI is InChI=1S/C19H18N2OS/c1-13-12-14-6-2-4-8-16(14)21(13)19(22)11-10-18-20-15-7-3-5-9-17(15)23-18/h2-9,13H,10-12H2,1H3/t13-/m1/s1. The highest BCUT2D eigenvalue weighted by Gasteiger charge is 2.30. The Balaban J connectivity index is 1.50. The number of anilines is 1. The number of carbonyl (C=O) groups excluding carboxylic acids is 1. The minimum Gasteiger partial charge on any atom is -0.309 e. The van der Waals surface area contributed by atoms with Crippen molar-refractivity contribution in [1.29, 1.82) is 0 Å². The van der Waals surface area contributed by atoms with Crippen LogP contribution in [0.15, 0.2) is 48.5 Å². The van der Waals surface area contributed by atoms with Gasteiger partial charge in [0, 0.05) is 24.6 Å². The highest BCUT2D eigenvalue weighted by molar-refractivity contribution is 7.18. The lowest BCUT2D eigenvalue weighted by atomic mass is 10.1. The molecule has 0 spiro atoms. The first-order valence-electron chi connectivity index (χ1n) is 7.97. The smallest absolute Gasteiger partial charge is 0.227 e. The minimum atomic E-state index is 0.196. The number of hydrogen-bond acceptors (Lipinski definition) is 3. The fourth-order valence-corrected chi connectivity index (χ4v) is 4.27. The van der Waals surface area contributed by atoms with Crippen molar-refractivity contribution in [3.63, 3.8) is 0 Å².